The Kier molecular flexibility index (Phi) is 6.06. The third-order valence-electron chi connectivity index (χ3n) is 4.28. The van der Waals surface area contributed by atoms with Gasteiger partial charge in [-0.15, -0.1) is 0 Å². The summed E-state index contributed by atoms with van der Waals surface area (Å²) in [5.41, 5.74) is 0.673. The third-order valence-corrected chi connectivity index (χ3v) is 4.52. The van der Waals surface area contributed by atoms with Crippen molar-refractivity contribution in [3.05, 3.63) is 34.4 Å². The van der Waals surface area contributed by atoms with Gasteiger partial charge in [0, 0.05) is 16.6 Å². The number of halogens is 1. The number of carbonyl (C=O) groups is 1. The Balaban J connectivity index is 2.20. The molecule has 0 aromatic heterocycles. The molecule has 1 aromatic carbocycles. The van der Waals surface area contributed by atoms with Crippen LogP contribution in [0, 0.1) is 17.2 Å². The summed E-state index contributed by atoms with van der Waals surface area (Å²) >= 11 is 5.99. The molecular formula is C18H21ClN2O2. The second-order valence-electron chi connectivity index (χ2n) is 5.90. The summed E-state index contributed by atoms with van der Waals surface area (Å²) < 4.78 is 5.25. The lowest BCUT2D eigenvalue weighted by atomic mass is 9.86. The molecule has 0 aliphatic heterocycles. The Bertz CT molecular complexity index is 649. The SMILES string of the molecule is COc1ccc(Cl)cc1/C=C(\C#N)C(=O)N[C@H]1CCCC[C@@H]1C. The van der Waals surface area contributed by atoms with E-state index in [-0.39, 0.29) is 17.5 Å². The van der Waals surface area contributed by atoms with Crippen LogP contribution >= 0.6 is 11.6 Å². The minimum atomic E-state index is -0.340. The molecule has 23 heavy (non-hydrogen) atoms. The molecule has 1 amide bonds. The molecule has 1 fully saturated rings. The van der Waals surface area contributed by atoms with E-state index in [1.54, 1.807) is 18.2 Å². The Morgan fingerprint density at radius 1 is 1.43 bits per heavy atom. The summed E-state index contributed by atoms with van der Waals surface area (Å²) in [6.45, 7) is 2.14. The molecule has 2 rings (SSSR count). The van der Waals surface area contributed by atoms with Crippen molar-refractivity contribution in [1.29, 1.82) is 5.26 Å². The Morgan fingerprint density at radius 2 is 2.17 bits per heavy atom. The summed E-state index contributed by atoms with van der Waals surface area (Å²) in [6, 6.07) is 7.20. The van der Waals surface area contributed by atoms with Crippen LogP contribution in [0.15, 0.2) is 23.8 Å². The van der Waals surface area contributed by atoms with Crippen molar-refractivity contribution in [2.75, 3.05) is 7.11 Å². The summed E-state index contributed by atoms with van der Waals surface area (Å²) in [5.74, 6) is 0.669. The number of nitrogens with one attached hydrogen (secondary N) is 1. The number of nitriles is 1. The van der Waals surface area contributed by atoms with Crippen LogP contribution in [-0.4, -0.2) is 19.1 Å². The van der Waals surface area contributed by atoms with Gasteiger partial charge in [0.25, 0.3) is 5.91 Å². The lowest BCUT2D eigenvalue weighted by molar-refractivity contribution is -0.118. The number of hydrogen-bond donors (Lipinski definition) is 1. The quantitative estimate of drug-likeness (QED) is 0.670. The molecule has 0 spiro atoms. The van der Waals surface area contributed by atoms with Gasteiger partial charge in [-0.2, -0.15) is 5.26 Å². The highest BCUT2D eigenvalue weighted by Gasteiger charge is 2.24. The molecule has 1 aromatic rings. The number of hydrogen-bond acceptors (Lipinski definition) is 3. The van der Waals surface area contributed by atoms with E-state index in [1.165, 1.54) is 19.6 Å². The molecule has 0 bridgehead atoms. The van der Waals surface area contributed by atoms with E-state index < -0.39 is 0 Å². The average Bonchev–Trinajstić information content (AvgIpc) is 2.54. The fourth-order valence-corrected chi connectivity index (χ4v) is 3.08. The van der Waals surface area contributed by atoms with Gasteiger partial charge in [0.2, 0.25) is 0 Å². The highest BCUT2D eigenvalue weighted by atomic mass is 35.5. The van der Waals surface area contributed by atoms with Crippen molar-refractivity contribution in [2.45, 2.75) is 38.6 Å². The predicted octanol–water partition coefficient (Wildman–Crippen LogP) is 3.95. The maximum Gasteiger partial charge on any atom is 0.262 e. The number of ether oxygens (including phenoxy) is 1. The topological polar surface area (TPSA) is 62.1 Å². The molecule has 0 heterocycles. The van der Waals surface area contributed by atoms with Crippen molar-refractivity contribution < 1.29 is 9.53 Å². The van der Waals surface area contributed by atoms with Crippen LogP contribution in [0.1, 0.15) is 38.2 Å². The molecule has 1 aliphatic rings. The summed E-state index contributed by atoms with van der Waals surface area (Å²) in [6.07, 6.45) is 5.91. The highest BCUT2D eigenvalue weighted by molar-refractivity contribution is 6.30. The lowest BCUT2D eigenvalue weighted by Gasteiger charge is -2.29. The largest absolute Gasteiger partial charge is 0.496 e. The average molecular weight is 333 g/mol. The standard InChI is InChI=1S/C18H21ClN2O2/c1-12-5-3-4-6-16(12)21-18(22)14(11-20)9-13-10-15(19)7-8-17(13)23-2/h7-10,12,16H,3-6H2,1-2H3,(H,21,22)/b14-9+/t12-,16-/m0/s1. The third kappa shape index (κ3) is 4.49. The van der Waals surface area contributed by atoms with Crippen LogP contribution in [0.4, 0.5) is 0 Å². The van der Waals surface area contributed by atoms with E-state index >= 15 is 0 Å². The van der Waals surface area contributed by atoms with E-state index in [4.69, 9.17) is 16.3 Å². The first-order valence-corrected chi connectivity index (χ1v) is 8.19. The van der Waals surface area contributed by atoms with Crippen molar-refractivity contribution in [1.82, 2.24) is 5.32 Å². The van der Waals surface area contributed by atoms with Gasteiger partial charge < -0.3 is 10.1 Å². The van der Waals surface area contributed by atoms with E-state index in [9.17, 15) is 10.1 Å². The maximum absolute atomic E-state index is 12.4. The number of nitrogens with zero attached hydrogens (tertiary/aromatic N) is 1. The minimum absolute atomic E-state index is 0.0586. The lowest BCUT2D eigenvalue weighted by Crippen LogP contribution is -2.41. The minimum Gasteiger partial charge on any atom is -0.496 e. The fraction of sp³-hybridized carbons (Fsp3) is 0.444. The molecule has 4 nitrogen and oxygen atoms in total. The zero-order valence-corrected chi connectivity index (χ0v) is 14.2. The van der Waals surface area contributed by atoms with E-state index in [2.05, 4.69) is 12.2 Å². The molecule has 122 valence electrons. The predicted molar refractivity (Wildman–Crippen MR) is 91.2 cm³/mol. The fourth-order valence-electron chi connectivity index (χ4n) is 2.90. The van der Waals surface area contributed by atoms with Crippen LogP contribution in [0.5, 0.6) is 5.75 Å². The first kappa shape index (κ1) is 17.4. The zero-order chi connectivity index (χ0) is 16.8. The van der Waals surface area contributed by atoms with E-state index in [0.29, 0.717) is 22.3 Å². The second kappa shape index (κ2) is 8.03. The monoisotopic (exact) mass is 332 g/mol. The number of methoxy groups -OCH3 is 1. The molecule has 2 atom stereocenters. The highest BCUT2D eigenvalue weighted by Crippen LogP contribution is 2.26. The molecule has 1 aliphatic carbocycles. The van der Waals surface area contributed by atoms with Gasteiger partial charge in [0.15, 0.2) is 0 Å². The van der Waals surface area contributed by atoms with Gasteiger partial charge in [-0.3, -0.25) is 4.79 Å². The van der Waals surface area contributed by atoms with Gasteiger partial charge >= 0.3 is 0 Å². The molecule has 1 N–H and O–H groups in total. The van der Waals surface area contributed by atoms with Crippen molar-refractivity contribution in [2.24, 2.45) is 5.92 Å². The summed E-state index contributed by atoms with van der Waals surface area (Å²) in [7, 11) is 1.54. The smallest absolute Gasteiger partial charge is 0.262 e. The van der Waals surface area contributed by atoms with Crippen LogP contribution in [0.2, 0.25) is 5.02 Å². The Labute approximate surface area is 142 Å². The second-order valence-corrected chi connectivity index (χ2v) is 6.33. The Morgan fingerprint density at radius 3 is 2.83 bits per heavy atom. The van der Waals surface area contributed by atoms with Crippen LogP contribution in [0.25, 0.3) is 6.08 Å². The van der Waals surface area contributed by atoms with Gasteiger partial charge in [-0.05, 0) is 43.0 Å². The number of amides is 1. The normalized spacial score (nSPS) is 21.4. The first-order chi connectivity index (χ1) is 11.0. The molecule has 5 heteroatoms. The summed E-state index contributed by atoms with van der Waals surface area (Å²) in [5, 5.41) is 12.8. The van der Waals surface area contributed by atoms with Gasteiger partial charge in [0.05, 0.1) is 7.11 Å². The van der Waals surface area contributed by atoms with Gasteiger partial charge in [0.1, 0.15) is 17.4 Å². The van der Waals surface area contributed by atoms with Crippen LogP contribution in [0.3, 0.4) is 0 Å². The van der Waals surface area contributed by atoms with Crippen molar-refractivity contribution in [3.63, 3.8) is 0 Å². The zero-order valence-electron chi connectivity index (χ0n) is 13.4. The molecule has 0 unspecified atom stereocenters. The molecule has 1 saturated carbocycles. The van der Waals surface area contributed by atoms with Gasteiger partial charge in [-0.25, -0.2) is 0 Å². The number of benzene rings is 1. The summed E-state index contributed by atoms with van der Waals surface area (Å²) in [4.78, 5) is 12.4. The van der Waals surface area contributed by atoms with Crippen molar-refractivity contribution >= 4 is 23.6 Å². The number of carbonyl (C=O) groups excluding carboxylic acids is 1. The van der Waals surface area contributed by atoms with Crippen LogP contribution in [-0.2, 0) is 4.79 Å². The molecule has 0 saturated heterocycles. The Hall–Kier alpha value is -1.99. The maximum atomic E-state index is 12.4. The first-order valence-electron chi connectivity index (χ1n) is 7.81. The van der Waals surface area contributed by atoms with Crippen LogP contribution < -0.4 is 10.1 Å². The van der Waals surface area contributed by atoms with Gasteiger partial charge in [-0.1, -0.05) is 31.4 Å². The van der Waals surface area contributed by atoms with Crippen molar-refractivity contribution in [3.8, 4) is 11.8 Å². The molecular weight excluding hydrogens is 312 g/mol. The van der Waals surface area contributed by atoms with E-state index in [0.717, 1.165) is 19.3 Å². The number of rotatable bonds is 4. The van der Waals surface area contributed by atoms with E-state index in [1.807, 2.05) is 6.07 Å². The molecule has 0 radical (unpaired) electrons.